The van der Waals surface area contributed by atoms with Gasteiger partial charge in [0.25, 0.3) is 0 Å². The Morgan fingerprint density at radius 1 is 0.433 bits per heavy atom. The van der Waals surface area contributed by atoms with E-state index in [9.17, 15) is 9.59 Å². The molecule has 0 aromatic heterocycles. The lowest BCUT2D eigenvalue weighted by Crippen LogP contribution is -2.48. The summed E-state index contributed by atoms with van der Waals surface area (Å²) in [7, 11) is 0. The maximum Gasteiger partial charge on any atom is 0.139 e. The molecular formula is C28H40O2. The van der Waals surface area contributed by atoms with Gasteiger partial charge in [0.05, 0.1) is 0 Å². The molecular weight excluding hydrogens is 368 g/mol. The molecule has 0 N–H and O–H groups in total. The number of Topliss-reactive ketones (excluding diaryl/α,β-unsaturated/α-hetero) is 2. The summed E-state index contributed by atoms with van der Waals surface area (Å²) in [5, 5.41) is 0. The van der Waals surface area contributed by atoms with Crippen LogP contribution in [0.3, 0.4) is 0 Å². The molecule has 0 spiro atoms. The van der Waals surface area contributed by atoms with Crippen LogP contribution in [0, 0.1) is 71.0 Å². The molecule has 2 nitrogen and oxygen atoms in total. The fourth-order valence-corrected chi connectivity index (χ4v) is 11.3. The van der Waals surface area contributed by atoms with Crippen molar-refractivity contribution in [2.45, 2.75) is 89.9 Å². The van der Waals surface area contributed by atoms with Crippen molar-refractivity contribution >= 4 is 11.6 Å². The summed E-state index contributed by atoms with van der Waals surface area (Å²) in [6, 6.07) is 0. The largest absolute Gasteiger partial charge is 0.299 e. The number of ketones is 2. The lowest BCUT2D eigenvalue weighted by Gasteiger charge is -2.53. The van der Waals surface area contributed by atoms with Gasteiger partial charge in [-0.05, 0) is 105 Å². The summed E-state index contributed by atoms with van der Waals surface area (Å²) in [4.78, 5) is 27.4. The number of carbonyl (C=O) groups is 2. The average molecular weight is 409 g/mol. The van der Waals surface area contributed by atoms with Crippen LogP contribution < -0.4 is 0 Å². The Kier molecular flexibility index (Phi) is 4.35. The van der Waals surface area contributed by atoms with Gasteiger partial charge in [0.1, 0.15) is 11.6 Å². The molecule has 7 aliphatic carbocycles. The Labute approximate surface area is 182 Å². The van der Waals surface area contributed by atoms with Crippen molar-refractivity contribution in [1.29, 1.82) is 0 Å². The van der Waals surface area contributed by atoms with Crippen LogP contribution in [-0.2, 0) is 9.59 Å². The number of hydrogen-bond acceptors (Lipinski definition) is 2. The standard InChI is InChI=1S/C28H40O2/c29-27-22-13-11-18-16-6-2-1-5-15(16)9-10-19(18)24(22)25-23(27)14-12-20-17-7-3-4-8-21(17)28(30)26(20)25/h15-26H,1-14H2. The highest BCUT2D eigenvalue weighted by molar-refractivity contribution is 5.92. The quantitative estimate of drug-likeness (QED) is 0.487. The Balaban J connectivity index is 1.25. The fourth-order valence-electron chi connectivity index (χ4n) is 11.3. The second kappa shape index (κ2) is 6.92. The summed E-state index contributed by atoms with van der Waals surface area (Å²) < 4.78 is 0. The van der Waals surface area contributed by atoms with Gasteiger partial charge in [0, 0.05) is 23.7 Å². The van der Waals surface area contributed by atoms with Crippen molar-refractivity contribution in [2.24, 2.45) is 71.0 Å². The summed E-state index contributed by atoms with van der Waals surface area (Å²) in [6.07, 6.45) is 18.5. The molecule has 12 unspecified atom stereocenters. The highest BCUT2D eigenvalue weighted by atomic mass is 16.1. The first-order valence-electron chi connectivity index (χ1n) is 13.8. The first-order chi connectivity index (χ1) is 14.7. The van der Waals surface area contributed by atoms with E-state index >= 15 is 0 Å². The molecule has 0 aromatic carbocycles. The third kappa shape index (κ3) is 2.43. The second-order valence-corrected chi connectivity index (χ2v) is 12.7. The minimum Gasteiger partial charge on any atom is -0.299 e. The first-order valence-corrected chi connectivity index (χ1v) is 13.8. The van der Waals surface area contributed by atoms with Crippen molar-refractivity contribution in [2.75, 3.05) is 0 Å². The Morgan fingerprint density at radius 3 is 1.97 bits per heavy atom. The zero-order valence-electron chi connectivity index (χ0n) is 18.6. The highest BCUT2D eigenvalue weighted by Gasteiger charge is 2.65. The van der Waals surface area contributed by atoms with Crippen LogP contribution >= 0.6 is 0 Å². The molecule has 12 atom stereocenters. The van der Waals surface area contributed by atoms with Gasteiger partial charge < -0.3 is 0 Å². The van der Waals surface area contributed by atoms with Crippen LogP contribution in [0.15, 0.2) is 0 Å². The van der Waals surface area contributed by atoms with Crippen molar-refractivity contribution < 1.29 is 9.59 Å². The minimum atomic E-state index is 0.258. The van der Waals surface area contributed by atoms with Gasteiger partial charge in [0.15, 0.2) is 0 Å². The van der Waals surface area contributed by atoms with Crippen LogP contribution in [0.2, 0.25) is 0 Å². The second-order valence-electron chi connectivity index (χ2n) is 12.7. The highest BCUT2D eigenvalue weighted by Crippen LogP contribution is 2.66. The van der Waals surface area contributed by atoms with Crippen molar-refractivity contribution in [1.82, 2.24) is 0 Å². The number of fused-ring (bicyclic) bond motifs is 11. The predicted octanol–water partition coefficient (Wildman–Crippen LogP) is 6.08. The number of carbonyl (C=O) groups excluding carboxylic acids is 2. The van der Waals surface area contributed by atoms with E-state index in [2.05, 4.69) is 0 Å². The Morgan fingerprint density at radius 2 is 1.10 bits per heavy atom. The molecule has 0 bridgehead atoms. The van der Waals surface area contributed by atoms with Crippen LogP contribution in [0.25, 0.3) is 0 Å². The van der Waals surface area contributed by atoms with Gasteiger partial charge in [-0.25, -0.2) is 0 Å². The van der Waals surface area contributed by atoms with E-state index in [1.165, 1.54) is 77.0 Å². The normalized spacial score (nSPS) is 56.9. The Hall–Kier alpha value is -0.660. The van der Waals surface area contributed by atoms with E-state index in [1.54, 1.807) is 0 Å². The van der Waals surface area contributed by atoms with Gasteiger partial charge >= 0.3 is 0 Å². The summed E-state index contributed by atoms with van der Waals surface area (Å²) in [6.45, 7) is 0. The number of rotatable bonds is 0. The minimum absolute atomic E-state index is 0.258. The maximum absolute atomic E-state index is 13.8. The molecule has 0 amide bonds. The average Bonchev–Trinajstić information content (AvgIpc) is 3.26. The van der Waals surface area contributed by atoms with Gasteiger partial charge in [-0.2, -0.15) is 0 Å². The van der Waals surface area contributed by atoms with Crippen LogP contribution in [0.5, 0.6) is 0 Å². The van der Waals surface area contributed by atoms with Crippen molar-refractivity contribution in [3.05, 3.63) is 0 Å². The zero-order chi connectivity index (χ0) is 20.0. The van der Waals surface area contributed by atoms with Crippen LogP contribution in [-0.4, -0.2) is 11.6 Å². The zero-order valence-corrected chi connectivity index (χ0v) is 18.6. The lowest BCUT2D eigenvalue weighted by molar-refractivity contribution is -0.130. The fraction of sp³-hybridized carbons (Fsp3) is 0.929. The SMILES string of the molecule is O=C1C2CCC3C4CCCCC4CCC3C2C2C1CCC1C3CCCCC3C(=O)C12. The molecule has 0 heterocycles. The van der Waals surface area contributed by atoms with Gasteiger partial charge in [-0.15, -0.1) is 0 Å². The first kappa shape index (κ1) is 18.9. The number of hydrogen-bond donors (Lipinski definition) is 0. The summed E-state index contributed by atoms with van der Waals surface area (Å²) in [5.41, 5.74) is 0. The molecule has 164 valence electrons. The van der Waals surface area contributed by atoms with Gasteiger partial charge in [-0.3, -0.25) is 9.59 Å². The van der Waals surface area contributed by atoms with E-state index in [0.717, 1.165) is 36.5 Å². The van der Waals surface area contributed by atoms with Crippen molar-refractivity contribution in [3.8, 4) is 0 Å². The van der Waals surface area contributed by atoms with Crippen molar-refractivity contribution in [3.63, 3.8) is 0 Å². The molecule has 0 radical (unpaired) electrons. The Bertz CT molecular complexity index is 741. The smallest absolute Gasteiger partial charge is 0.139 e. The third-order valence-electron chi connectivity index (χ3n) is 12.1. The van der Waals surface area contributed by atoms with E-state index in [-0.39, 0.29) is 11.8 Å². The van der Waals surface area contributed by atoms with Crippen LogP contribution in [0.1, 0.15) is 89.9 Å². The lowest BCUT2D eigenvalue weighted by atomic mass is 9.51. The summed E-state index contributed by atoms with van der Waals surface area (Å²) >= 11 is 0. The summed E-state index contributed by atoms with van der Waals surface area (Å²) in [5.74, 6) is 8.45. The van der Waals surface area contributed by atoms with E-state index in [0.29, 0.717) is 47.1 Å². The molecule has 2 heteroatoms. The maximum atomic E-state index is 13.8. The van der Waals surface area contributed by atoms with Gasteiger partial charge in [-0.1, -0.05) is 32.1 Å². The predicted molar refractivity (Wildman–Crippen MR) is 117 cm³/mol. The molecule has 30 heavy (non-hydrogen) atoms. The van der Waals surface area contributed by atoms with Crippen LogP contribution in [0.4, 0.5) is 0 Å². The third-order valence-corrected chi connectivity index (χ3v) is 12.1. The monoisotopic (exact) mass is 408 g/mol. The van der Waals surface area contributed by atoms with E-state index < -0.39 is 0 Å². The van der Waals surface area contributed by atoms with Gasteiger partial charge in [0.2, 0.25) is 0 Å². The molecule has 7 fully saturated rings. The molecule has 7 rings (SSSR count). The molecule has 7 saturated carbocycles. The molecule has 7 aliphatic rings. The van der Waals surface area contributed by atoms with E-state index in [1.807, 2.05) is 0 Å². The topological polar surface area (TPSA) is 34.1 Å². The molecule has 0 aliphatic heterocycles. The molecule has 0 saturated heterocycles. The molecule has 0 aromatic rings. The van der Waals surface area contributed by atoms with E-state index in [4.69, 9.17) is 0 Å².